The molecule has 4 aromatic heterocycles. The molecule has 40 heavy (non-hydrogen) atoms. The van der Waals surface area contributed by atoms with Crippen LogP contribution in [0.5, 0.6) is 0 Å². The van der Waals surface area contributed by atoms with E-state index in [1.165, 1.54) is 6.33 Å². The first kappa shape index (κ1) is 25.5. The third kappa shape index (κ3) is 4.52. The number of benzene rings is 1. The fraction of sp³-hybridized carbons (Fsp3) is 0.259. The van der Waals surface area contributed by atoms with Crippen LogP contribution in [-0.4, -0.2) is 40.4 Å². The number of amides is 1. The molecule has 0 unspecified atom stereocenters. The van der Waals surface area contributed by atoms with Crippen LogP contribution in [0.1, 0.15) is 53.0 Å². The van der Waals surface area contributed by atoms with Gasteiger partial charge in [-0.25, -0.2) is 19.6 Å². The highest BCUT2D eigenvalue weighted by molar-refractivity contribution is 6.04. The van der Waals surface area contributed by atoms with Crippen LogP contribution >= 0.6 is 0 Å². The molecule has 0 radical (unpaired) electrons. The van der Waals surface area contributed by atoms with E-state index >= 15 is 0 Å². The minimum atomic E-state index is -4.54. The second kappa shape index (κ2) is 9.74. The SMILES string of the molecule is CCn1cc2c(n1)CCC[C@H]2n1nc(-c2ccc(C(=O)Nc3cc(C(F)(F)F)ccn3)cc2)c2c(N)ncnc21. The number of rotatable bonds is 5. The second-order valence-electron chi connectivity index (χ2n) is 9.50. The number of hydrogen-bond donors (Lipinski definition) is 2. The number of pyridine rings is 1. The first-order valence-corrected chi connectivity index (χ1v) is 12.7. The molecule has 1 atom stereocenters. The van der Waals surface area contributed by atoms with E-state index in [-0.39, 0.29) is 23.2 Å². The molecule has 204 valence electrons. The predicted octanol–water partition coefficient (Wildman–Crippen LogP) is 4.88. The van der Waals surface area contributed by atoms with Crippen molar-refractivity contribution in [2.45, 2.75) is 44.9 Å². The van der Waals surface area contributed by atoms with Gasteiger partial charge in [0.15, 0.2) is 5.65 Å². The zero-order chi connectivity index (χ0) is 28.0. The van der Waals surface area contributed by atoms with Gasteiger partial charge in [0.05, 0.1) is 22.7 Å². The van der Waals surface area contributed by atoms with Crippen molar-refractivity contribution in [3.8, 4) is 11.3 Å². The molecule has 0 saturated carbocycles. The van der Waals surface area contributed by atoms with Gasteiger partial charge in [0.25, 0.3) is 5.91 Å². The largest absolute Gasteiger partial charge is 0.416 e. The zero-order valence-electron chi connectivity index (χ0n) is 21.4. The molecule has 0 aliphatic heterocycles. The van der Waals surface area contributed by atoms with Crippen molar-refractivity contribution in [2.75, 3.05) is 11.1 Å². The van der Waals surface area contributed by atoms with Crippen LogP contribution in [0.25, 0.3) is 22.3 Å². The maximum atomic E-state index is 13.0. The van der Waals surface area contributed by atoms with Crippen LogP contribution in [-0.2, 0) is 19.1 Å². The quantitative estimate of drug-likeness (QED) is 0.321. The lowest BCUT2D eigenvalue weighted by molar-refractivity contribution is -0.137. The molecule has 1 aliphatic rings. The van der Waals surface area contributed by atoms with Gasteiger partial charge in [-0.3, -0.25) is 9.48 Å². The molecular weight excluding hydrogens is 523 g/mol. The van der Waals surface area contributed by atoms with Gasteiger partial charge in [0.1, 0.15) is 23.7 Å². The van der Waals surface area contributed by atoms with E-state index in [0.29, 0.717) is 22.3 Å². The van der Waals surface area contributed by atoms with Crippen LogP contribution in [0.15, 0.2) is 55.1 Å². The van der Waals surface area contributed by atoms with Gasteiger partial charge in [-0.2, -0.15) is 23.4 Å². The van der Waals surface area contributed by atoms with Gasteiger partial charge in [-0.15, -0.1) is 0 Å². The Morgan fingerprint density at radius 2 is 1.93 bits per heavy atom. The molecule has 5 aromatic rings. The third-order valence-electron chi connectivity index (χ3n) is 7.01. The predicted molar refractivity (Wildman–Crippen MR) is 141 cm³/mol. The summed E-state index contributed by atoms with van der Waals surface area (Å²) in [7, 11) is 0. The summed E-state index contributed by atoms with van der Waals surface area (Å²) >= 11 is 0. The van der Waals surface area contributed by atoms with Crippen LogP contribution in [0.2, 0.25) is 0 Å². The van der Waals surface area contributed by atoms with E-state index in [0.717, 1.165) is 55.4 Å². The lowest BCUT2D eigenvalue weighted by atomic mass is 9.93. The Morgan fingerprint density at radius 1 is 1.12 bits per heavy atom. The Labute approximate surface area is 226 Å². The minimum absolute atomic E-state index is 0.0698. The van der Waals surface area contributed by atoms with Crippen molar-refractivity contribution in [3.63, 3.8) is 0 Å². The van der Waals surface area contributed by atoms with Crippen molar-refractivity contribution in [2.24, 2.45) is 0 Å². The third-order valence-corrected chi connectivity index (χ3v) is 7.01. The molecule has 0 fully saturated rings. The summed E-state index contributed by atoms with van der Waals surface area (Å²) in [6.07, 6.45) is 2.65. The molecule has 6 rings (SSSR count). The van der Waals surface area contributed by atoms with Gasteiger partial charge in [-0.05, 0) is 50.5 Å². The molecule has 13 heteroatoms. The standard InChI is InChI=1S/C27H24F3N9O/c1-2-38-13-18-19(36-38)4-3-5-20(18)39-25-22(24(31)33-14-34-25)23(37-39)15-6-8-16(9-7-15)26(40)35-21-12-17(10-11-32-21)27(28,29)30/h6-14,20H,2-5H2,1H3,(H2,31,33,34)(H,32,35,40)/t20-/m1/s1. The average molecular weight is 548 g/mol. The number of anilines is 2. The number of hydrogen-bond acceptors (Lipinski definition) is 7. The van der Waals surface area contributed by atoms with E-state index in [1.54, 1.807) is 24.3 Å². The molecule has 1 aliphatic carbocycles. The highest BCUT2D eigenvalue weighted by Crippen LogP contribution is 2.38. The molecule has 0 saturated heterocycles. The number of halogens is 3. The molecule has 0 bridgehead atoms. The Morgan fingerprint density at radius 3 is 2.67 bits per heavy atom. The van der Waals surface area contributed by atoms with Gasteiger partial charge < -0.3 is 11.1 Å². The lowest BCUT2D eigenvalue weighted by Crippen LogP contribution is -2.18. The number of nitrogens with zero attached hydrogens (tertiary/aromatic N) is 7. The monoisotopic (exact) mass is 547 g/mol. The van der Waals surface area contributed by atoms with E-state index in [4.69, 9.17) is 15.9 Å². The van der Waals surface area contributed by atoms with Gasteiger partial charge in [-0.1, -0.05) is 12.1 Å². The Kier molecular flexibility index (Phi) is 6.20. The highest BCUT2D eigenvalue weighted by Gasteiger charge is 2.31. The molecule has 4 heterocycles. The number of nitrogens with two attached hydrogens (primary N) is 1. The van der Waals surface area contributed by atoms with Crippen LogP contribution < -0.4 is 11.1 Å². The molecule has 10 nitrogen and oxygen atoms in total. The van der Waals surface area contributed by atoms with Crippen LogP contribution in [0, 0.1) is 0 Å². The number of nitrogen functional groups attached to an aromatic ring is 1. The van der Waals surface area contributed by atoms with E-state index in [2.05, 4.69) is 26.5 Å². The van der Waals surface area contributed by atoms with Gasteiger partial charge in [0.2, 0.25) is 0 Å². The molecule has 1 amide bonds. The van der Waals surface area contributed by atoms with Crippen LogP contribution in [0.4, 0.5) is 24.8 Å². The van der Waals surface area contributed by atoms with E-state index in [1.807, 2.05) is 16.3 Å². The highest BCUT2D eigenvalue weighted by atomic mass is 19.4. The van der Waals surface area contributed by atoms with Gasteiger partial charge in [0, 0.05) is 35.6 Å². The summed E-state index contributed by atoms with van der Waals surface area (Å²) in [5.74, 6) is -0.514. The number of carbonyl (C=O) groups is 1. The first-order chi connectivity index (χ1) is 19.2. The summed E-state index contributed by atoms with van der Waals surface area (Å²) in [6, 6.07) is 8.09. The maximum Gasteiger partial charge on any atom is 0.416 e. The van der Waals surface area contributed by atoms with Crippen molar-refractivity contribution in [3.05, 3.63) is 77.5 Å². The minimum Gasteiger partial charge on any atom is -0.383 e. The van der Waals surface area contributed by atoms with E-state index in [9.17, 15) is 18.0 Å². The fourth-order valence-electron chi connectivity index (χ4n) is 5.04. The molecule has 1 aromatic carbocycles. The molecular formula is C27H24F3N9O. The number of nitrogens with one attached hydrogen (secondary N) is 1. The van der Waals surface area contributed by atoms with Crippen molar-refractivity contribution in [1.82, 2.24) is 34.5 Å². The zero-order valence-corrected chi connectivity index (χ0v) is 21.4. The van der Waals surface area contributed by atoms with Crippen molar-refractivity contribution in [1.29, 1.82) is 0 Å². The number of aromatic nitrogens is 7. The number of alkyl halides is 3. The maximum absolute atomic E-state index is 13.0. The fourth-order valence-corrected chi connectivity index (χ4v) is 5.04. The normalized spacial score (nSPS) is 15.2. The van der Waals surface area contributed by atoms with E-state index < -0.39 is 17.6 Å². The Balaban J connectivity index is 1.33. The van der Waals surface area contributed by atoms with Crippen molar-refractivity contribution < 1.29 is 18.0 Å². The number of carbonyl (C=O) groups excluding carboxylic acids is 1. The summed E-state index contributed by atoms with van der Waals surface area (Å²) in [4.78, 5) is 25.3. The van der Waals surface area contributed by atoms with Crippen LogP contribution in [0.3, 0.4) is 0 Å². The van der Waals surface area contributed by atoms with Crippen molar-refractivity contribution >= 4 is 28.6 Å². The summed E-state index contributed by atoms with van der Waals surface area (Å²) in [6.45, 7) is 2.81. The summed E-state index contributed by atoms with van der Waals surface area (Å²) < 4.78 is 42.8. The topological polar surface area (TPSA) is 129 Å². The smallest absolute Gasteiger partial charge is 0.383 e. The summed E-state index contributed by atoms with van der Waals surface area (Å²) in [5, 5.41) is 12.6. The number of fused-ring (bicyclic) bond motifs is 2. The molecule has 0 spiro atoms. The lowest BCUT2D eigenvalue weighted by Gasteiger charge is -2.22. The first-order valence-electron chi connectivity index (χ1n) is 12.7. The average Bonchev–Trinajstić information content (AvgIpc) is 3.55. The number of aryl methyl sites for hydroxylation is 2. The van der Waals surface area contributed by atoms with Gasteiger partial charge >= 0.3 is 6.18 Å². The Hall–Kier alpha value is -4.81. The summed E-state index contributed by atoms with van der Waals surface area (Å²) in [5.41, 5.74) is 9.63. The Bertz CT molecular complexity index is 1720. The molecule has 3 N–H and O–H groups in total. The second-order valence-corrected chi connectivity index (χ2v) is 9.50.